The maximum atomic E-state index is 11.2. The number of carbonyl (C=O) groups is 1. The minimum atomic E-state index is -1.07. The monoisotopic (exact) mass is 325 g/mol. The topological polar surface area (TPSA) is 156 Å². The summed E-state index contributed by atoms with van der Waals surface area (Å²) in [5, 5.41) is 32.6. The molecule has 122 valence electrons. The fraction of sp³-hybridized carbons (Fsp3) is 0.250. The van der Waals surface area contributed by atoms with E-state index in [4.69, 9.17) is 4.74 Å². The Morgan fingerprint density at radius 3 is 1.96 bits per heavy atom. The predicted octanol–water partition coefficient (Wildman–Crippen LogP) is 2.07. The normalized spacial score (nSPS) is 9.96. The number of ether oxygens (including phenoxy) is 1. The number of carbonyl (C=O) groups excluding carboxylic acids is 1. The van der Waals surface area contributed by atoms with E-state index >= 15 is 0 Å². The minimum absolute atomic E-state index is 0.120. The Morgan fingerprint density at radius 1 is 1.04 bits per heavy atom. The van der Waals surface area contributed by atoms with Crippen LogP contribution in [0.5, 0.6) is 0 Å². The highest BCUT2D eigenvalue weighted by atomic mass is 16.6. The van der Waals surface area contributed by atoms with Gasteiger partial charge < -0.3 is 4.74 Å². The molecule has 0 saturated heterocycles. The fourth-order valence-corrected chi connectivity index (χ4v) is 1.65. The Kier molecular flexibility index (Phi) is 5.43. The van der Waals surface area contributed by atoms with Crippen LogP contribution in [0, 0.1) is 30.3 Å². The van der Waals surface area contributed by atoms with E-state index in [1.54, 1.807) is 0 Å². The molecule has 0 unspecified atom stereocenters. The Morgan fingerprint density at radius 2 is 1.52 bits per heavy atom. The molecule has 0 heterocycles. The van der Waals surface area contributed by atoms with Crippen LogP contribution in [0.25, 0.3) is 0 Å². The lowest BCUT2D eigenvalue weighted by Gasteiger charge is -2.05. The van der Waals surface area contributed by atoms with Crippen molar-refractivity contribution in [3.05, 3.63) is 60.2 Å². The zero-order chi connectivity index (χ0) is 17.7. The maximum Gasteiger partial charge on any atom is 0.352 e. The molecule has 0 aliphatic rings. The molecule has 0 spiro atoms. The lowest BCUT2D eigenvalue weighted by atomic mass is 10.1. The SMILES string of the molecule is C=C(C)C(=O)OCCc1cc([N+](=O)[O-])c([N+](=O)[O-])cc1[N+](=O)[O-]. The molecule has 0 bridgehead atoms. The van der Waals surface area contributed by atoms with Crippen molar-refractivity contribution in [2.45, 2.75) is 13.3 Å². The average Bonchev–Trinajstić information content (AvgIpc) is 2.45. The number of hydrogen-bond donors (Lipinski definition) is 0. The van der Waals surface area contributed by atoms with Gasteiger partial charge in [0.2, 0.25) is 0 Å². The molecular formula is C12H11N3O8. The second-order valence-electron chi connectivity index (χ2n) is 4.41. The van der Waals surface area contributed by atoms with Gasteiger partial charge >= 0.3 is 17.3 Å². The summed E-state index contributed by atoms with van der Waals surface area (Å²) in [6.07, 6.45) is -0.214. The van der Waals surface area contributed by atoms with E-state index in [1.807, 2.05) is 0 Å². The second kappa shape index (κ2) is 7.06. The van der Waals surface area contributed by atoms with Gasteiger partial charge in [0, 0.05) is 23.6 Å². The van der Waals surface area contributed by atoms with Crippen molar-refractivity contribution in [1.29, 1.82) is 0 Å². The first-order valence-electron chi connectivity index (χ1n) is 6.07. The Labute approximate surface area is 128 Å². The third-order valence-electron chi connectivity index (χ3n) is 2.72. The number of benzene rings is 1. The third-order valence-corrected chi connectivity index (χ3v) is 2.72. The van der Waals surface area contributed by atoms with E-state index in [2.05, 4.69) is 6.58 Å². The zero-order valence-electron chi connectivity index (χ0n) is 11.9. The van der Waals surface area contributed by atoms with Crippen LogP contribution in [0.1, 0.15) is 12.5 Å². The van der Waals surface area contributed by atoms with Gasteiger partial charge in [-0.25, -0.2) is 4.79 Å². The molecule has 23 heavy (non-hydrogen) atoms. The second-order valence-corrected chi connectivity index (χ2v) is 4.41. The summed E-state index contributed by atoms with van der Waals surface area (Å²) in [5.74, 6) is -0.718. The van der Waals surface area contributed by atoms with Crippen LogP contribution in [-0.4, -0.2) is 27.3 Å². The number of nitro groups is 3. The van der Waals surface area contributed by atoms with Gasteiger partial charge in [0.1, 0.15) is 6.07 Å². The van der Waals surface area contributed by atoms with Crippen LogP contribution in [0.15, 0.2) is 24.3 Å². The molecule has 0 fully saturated rings. The van der Waals surface area contributed by atoms with Crippen molar-refractivity contribution in [1.82, 2.24) is 0 Å². The van der Waals surface area contributed by atoms with Crippen molar-refractivity contribution < 1.29 is 24.3 Å². The molecule has 0 N–H and O–H groups in total. The summed E-state index contributed by atoms with van der Waals surface area (Å²) in [6.45, 7) is 4.46. The summed E-state index contributed by atoms with van der Waals surface area (Å²) in [4.78, 5) is 40.9. The van der Waals surface area contributed by atoms with E-state index in [-0.39, 0.29) is 24.2 Å². The Bertz CT molecular complexity index is 713. The van der Waals surface area contributed by atoms with Gasteiger partial charge in [-0.2, -0.15) is 0 Å². The molecule has 0 aliphatic carbocycles. The van der Waals surface area contributed by atoms with E-state index in [0.717, 1.165) is 6.07 Å². The van der Waals surface area contributed by atoms with Crippen molar-refractivity contribution >= 4 is 23.0 Å². The van der Waals surface area contributed by atoms with Crippen molar-refractivity contribution in [3.63, 3.8) is 0 Å². The third kappa shape index (κ3) is 4.30. The van der Waals surface area contributed by atoms with Crippen LogP contribution in [0.2, 0.25) is 0 Å². The highest BCUT2D eigenvalue weighted by molar-refractivity contribution is 5.86. The molecule has 0 atom stereocenters. The molecule has 0 saturated carbocycles. The van der Waals surface area contributed by atoms with Crippen LogP contribution < -0.4 is 0 Å². The van der Waals surface area contributed by atoms with Crippen LogP contribution >= 0.6 is 0 Å². The molecule has 0 aromatic heterocycles. The van der Waals surface area contributed by atoms with E-state index in [1.165, 1.54) is 6.92 Å². The quantitative estimate of drug-likeness (QED) is 0.319. The molecule has 11 heteroatoms. The van der Waals surface area contributed by atoms with Gasteiger partial charge in [0.25, 0.3) is 5.69 Å². The summed E-state index contributed by atoms with van der Waals surface area (Å²) in [6, 6.07) is 1.26. The van der Waals surface area contributed by atoms with Crippen LogP contribution in [0.3, 0.4) is 0 Å². The summed E-state index contributed by atoms with van der Waals surface area (Å²) in [7, 11) is 0. The Balaban J connectivity index is 3.19. The highest BCUT2D eigenvalue weighted by Crippen LogP contribution is 2.34. The van der Waals surface area contributed by atoms with E-state index < -0.39 is 37.8 Å². The van der Waals surface area contributed by atoms with Gasteiger partial charge in [-0.3, -0.25) is 30.3 Å². The lowest BCUT2D eigenvalue weighted by molar-refractivity contribution is -0.424. The van der Waals surface area contributed by atoms with Gasteiger partial charge in [0.05, 0.1) is 21.4 Å². The summed E-state index contributed by atoms with van der Waals surface area (Å²) >= 11 is 0. The lowest BCUT2D eigenvalue weighted by Crippen LogP contribution is -2.09. The smallest absolute Gasteiger partial charge is 0.352 e. The van der Waals surface area contributed by atoms with Crippen LogP contribution in [0.4, 0.5) is 17.1 Å². The van der Waals surface area contributed by atoms with Gasteiger partial charge in [0.15, 0.2) is 0 Å². The minimum Gasteiger partial charge on any atom is -0.462 e. The first kappa shape index (κ1) is 17.7. The van der Waals surface area contributed by atoms with Crippen molar-refractivity contribution in [3.8, 4) is 0 Å². The molecule has 0 amide bonds. The first-order valence-corrected chi connectivity index (χ1v) is 6.07. The average molecular weight is 325 g/mol. The standard InChI is InChI=1S/C12H11N3O8/c1-7(2)12(16)23-4-3-8-5-10(14(19)20)11(15(21)22)6-9(8)13(17)18/h5-6H,1,3-4H2,2H3. The van der Waals surface area contributed by atoms with Crippen LogP contribution in [-0.2, 0) is 16.0 Å². The Hall–Kier alpha value is -3.37. The fourth-order valence-electron chi connectivity index (χ4n) is 1.65. The van der Waals surface area contributed by atoms with Crippen molar-refractivity contribution in [2.75, 3.05) is 6.61 Å². The number of nitrogens with zero attached hydrogens (tertiary/aromatic N) is 3. The summed E-state index contributed by atoms with van der Waals surface area (Å²) in [5.41, 5.74) is -2.55. The van der Waals surface area contributed by atoms with E-state index in [0.29, 0.717) is 6.07 Å². The van der Waals surface area contributed by atoms with Gasteiger partial charge in [-0.15, -0.1) is 0 Å². The molecule has 11 nitrogen and oxygen atoms in total. The van der Waals surface area contributed by atoms with Gasteiger partial charge in [-0.05, 0) is 6.92 Å². The molecule has 0 aliphatic heterocycles. The van der Waals surface area contributed by atoms with Gasteiger partial charge in [-0.1, -0.05) is 6.58 Å². The highest BCUT2D eigenvalue weighted by Gasteiger charge is 2.31. The summed E-state index contributed by atoms with van der Waals surface area (Å²) < 4.78 is 4.76. The molecule has 1 aromatic rings. The predicted molar refractivity (Wildman–Crippen MR) is 75.9 cm³/mol. The molecular weight excluding hydrogens is 314 g/mol. The maximum absolute atomic E-state index is 11.2. The molecule has 0 radical (unpaired) electrons. The number of rotatable bonds is 7. The number of hydrogen-bond acceptors (Lipinski definition) is 8. The largest absolute Gasteiger partial charge is 0.462 e. The molecule has 1 rings (SSSR count). The molecule has 1 aromatic carbocycles. The number of esters is 1. The first-order chi connectivity index (χ1) is 10.6. The number of nitro benzene ring substituents is 3. The van der Waals surface area contributed by atoms with Crippen molar-refractivity contribution in [2.24, 2.45) is 0 Å². The zero-order valence-corrected chi connectivity index (χ0v) is 11.9. The van der Waals surface area contributed by atoms with E-state index in [9.17, 15) is 35.1 Å².